The van der Waals surface area contributed by atoms with Gasteiger partial charge in [-0.25, -0.2) is 4.79 Å². The highest BCUT2D eigenvalue weighted by atomic mass is 16.8. The maximum Gasteiger partial charge on any atom is 0.508 e. The summed E-state index contributed by atoms with van der Waals surface area (Å²) in [4.78, 5) is 40.0. The molecule has 0 N–H and O–H groups in total. The Hall–Kier alpha value is -1.93. The monoisotopic (exact) mass is 642 g/mol. The Kier molecular flexibility index (Phi) is 8.15. The average Bonchev–Trinajstić information content (AvgIpc) is 3.49. The van der Waals surface area contributed by atoms with Crippen LogP contribution in [0.2, 0.25) is 0 Å². The quantitative estimate of drug-likeness (QED) is 0.280. The molecule has 1 saturated heterocycles. The molecule has 0 aromatic rings. The Bertz CT molecular complexity index is 1310. The number of allylic oxidation sites excluding steroid dienone is 1. The van der Waals surface area contributed by atoms with E-state index in [1.54, 1.807) is 0 Å². The Morgan fingerprint density at radius 1 is 0.891 bits per heavy atom. The third-order valence-corrected chi connectivity index (χ3v) is 14.6. The van der Waals surface area contributed by atoms with Gasteiger partial charge in [0.15, 0.2) is 11.6 Å². The first-order chi connectivity index (χ1) is 21.4. The van der Waals surface area contributed by atoms with Gasteiger partial charge in [0.1, 0.15) is 18.8 Å². The van der Waals surface area contributed by atoms with Gasteiger partial charge in [0, 0.05) is 11.8 Å². The van der Waals surface area contributed by atoms with Gasteiger partial charge in [-0.2, -0.15) is 0 Å². The molecule has 6 rings (SSSR count). The van der Waals surface area contributed by atoms with E-state index in [0.29, 0.717) is 24.9 Å². The van der Waals surface area contributed by atoms with E-state index in [9.17, 15) is 14.4 Å². The number of fused-ring (bicyclic) bond motifs is 7. The second kappa shape index (κ2) is 11.0. The van der Waals surface area contributed by atoms with Crippen LogP contribution in [0.25, 0.3) is 0 Å². The predicted octanol–water partition coefficient (Wildman–Crippen LogP) is 7.81. The summed E-state index contributed by atoms with van der Waals surface area (Å²) in [7, 11) is 1.47. The van der Waals surface area contributed by atoms with Crippen molar-refractivity contribution in [2.45, 2.75) is 138 Å². The first kappa shape index (κ1) is 34.0. The van der Waals surface area contributed by atoms with Crippen LogP contribution in [0.5, 0.6) is 0 Å². The van der Waals surface area contributed by atoms with Gasteiger partial charge in [-0.1, -0.05) is 48.5 Å². The molecule has 0 aromatic carbocycles. The van der Waals surface area contributed by atoms with E-state index in [2.05, 4.69) is 48.5 Å². The molecule has 9 atom stereocenters. The van der Waals surface area contributed by atoms with E-state index in [4.69, 9.17) is 23.7 Å². The highest BCUT2D eigenvalue weighted by molar-refractivity contribution is 6.05. The van der Waals surface area contributed by atoms with E-state index < -0.39 is 17.4 Å². The van der Waals surface area contributed by atoms with Gasteiger partial charge in [-0.3, -0.25) is 9.59 Å². The third kappa shape index (κ3) is 4.76. The van der Waals surface area contributed by atoms with Crippen LogP contribution in [0.3, 0.4) is 0 Å². The third-order valence-electron chi connectivity index (χ3n) is 14.6. The van der Waals surface area contributed by atoms with Crippen molar-refractivity contribution in [3.63, 3.8) is 0 Å². The van der Waals surface area contributed by atoms with Gasteiger partial charge in [-0.15, -0.1) is 0 Å². The summed E-state index contributed by atoms with van der Waals surface area (Å²) in [6, 6.07) is 0. The smallest absolute Gasteiger partial charge is 0.468 e. The van der Waals surface area contributed by atoms with Crippen LogP contribution < -0.4 is 0 Å². The molecular weight excluding hydrogens is 584 g/mol. The molecular formula is C38H58O8. The van der Waals surface area contributed by atoms with Crippen LogP contribution in [0, 0.1) is 50.7 Å². The van der Waals surface area contributed by atoms with Crippen LogP contribution >= 0.6 is 0 Å². The molecule has 2 unspecified atom stereocenters. The molecule has 0 radical (unpaired) electrons. The molecule has 8 heteroatoms. The lowest BCUT2D eigenvalue weighted by atomic mass is 9.33. The van der Waals surface area contributed by atoms with Crippen LogP contribution in [0.4, 0.5) is 4.79 Å². The molecule has 5 aliphatic carbocycles. The molecule has 0 amide bonds. The average molecular weight is 643 g/mol. The second-order valence-corrected chi connectivity index (χ2v) is 17.7. The number of ether oxygens (including phenoxy) is 5. The van der Waals surface area contributed by atoms with E-state index in [1.165, 1.54) is 7.11 Å². The molecule has 258 valence electrons. The van der Waals surface area contributed by atoms with Crippen molar-refractivity contribution in [2.75, 3.05) is 20.3 Å². The lowest BCUT2D eigenvalue weighted by Gasteiger charge is -2.72. The van der Waals surface area contributed by atoms with Crippen LogP contribution in [-0.2, 0) is 33.3 Å². The van der Waals surface area contributed by atoms with Crippen molar-refractivity contribution in [2.24, 2.45) is 50.7 Å². The highest BCUT2D eigenvalue weighted by Crippen LogP contribution is 2.76. The maximum absolute atomic E-state index is 13.6. The largest absolute Gasteiger partial charge is 0.508 e. The zero-order chi connectivity index (χ0) is 33.7. The number of carbonyl (C=O) groups is 3. The molecule has 6 aliphatic rings. The summed E-state index contributed by atoms with van der Waals surface area (Å²) < 4.78 is 28.4. The van der Waals surface area contributed by atoms with E-state index in [0.717, 1.165) is 56.1 Å². The number of ketones is 1. The van der Waals surface area contributed by atoms with E-state index >= 15 is 0 Å². The van der Waals surface area contributed by atoms with E-state index in [1.807, 2.05) is 13.8 Å². The summed E-state index contributed by atoms with van der Waals surface area (Å²) >= 11 is 0. The summed E-state index contributed by atoms with van der Waals surface area (Å²) in [5.74, 6) is 0.451. The number of methoxy groups -OCH3 is 1. The van der Waals surface area contributed by atoms with Crippen LogP contribution in [0.1, 0.15) is 120 Å². The summed E-state index contributed by atoms with van der Waals surface area (Å²) in [5.41, 5.74) is 1.16. The topological polar surface area (TPSA) is 97.4 Å². The number of Topliss-reactive ketones (excluding diaryl/α,β-unsaturated/α-hetero) is 1. The lowest BCUT2D eigenvalue weighted by molar-refractivity contribution is -0.230. The van der Waals surface area contributed by atoms with Crippen molar-refractivity contribution >= 4 is 17.9 Å². The first-order valence-electron chi connectivity index (χ1n) is 17.9. The van der Waals surface area contributed by atoms with Crippen molar-refractivity contribution in [3.05, 3.63) is 11.1 Å². The number of esters is 1. The van der Waals surface area contributed by atoms with Crippen LogP contribution in [0.15, 0.2) is 11.1 Å². The zero-order valence-electron chi connectivity index (χ0n) is 30.0. The Morgan fingerprint density at radius 2 is 1.61 bits per heavy atom. The van der Waals surface area contributed by atoms with Crippen LogP contribution in [-0.4, -0.2) is 56.2 Å². The maximum atomic E-state index is 13.6. The zero-order valence-corrected chi connectivity index (χ0v) is 30.0. The van der Waals surface area contributed by atoms with Crippen molar-refractivity contribution in [1.82, 2.24) is 0 Å². The van der Waals surface area contributed by atoms with Gasteiger partial charge in [0.05, 0.1) is 19.1 Å². The Balaban J connectivity index is 1.23. The summed E-state index contributed by atoms with van der Waals surface area (Å²) in [6.07, 6.45) is 6.78. The minimum Gasteiger partial charge on any atom is -0.468 e. The molecule has 1 heterocycles. The summed E-state index contributed by atoms with van der Waals surface area (Å²) in [5, 5.41) is 0. The fourth-order valence-corrected chi connectivity index (χ4v) is 12.4. The summed E-state index contributed by atoms with van der Waals surface area (Å²) in [6.45, 7) is 20.5. The van der Waals surface area contributed by atoms with Gasteiger partial charge in [-0.05, 0) is 116 Å². The Morgan fingerprint density at radius 3 is 2.24 bits per heavy atom. The highest BCUT2D eigenvalue weighted by Gasteiger charge is 2.71. The minimum atomic E-state index is -0.793. The molecule has 0 aromatic heterocycles. The second-order valence-electron chi connectivity index (χ2n) is 17.7. The van der Waals surface area contributed by atoms with E-state index in [-0.39, 0.29) is 70.5 Å². The van der Waals surface area contributed by atoms with Crippen molar-refractivity contribution in [3.8, 4) is 0 Å². The van der Waals surface area contributed by atoms with Gasteiger partial charge in [0.25, 0.3) is 0 Å². The standard InChI is InChI=1S/C38H58O8/c1-22(2)29-25(39)19-38(31(40)42-10)18-17-36(8)24(30(29)38)11-12-27-35(7)15-14-28(33(3,4)26(35)13-16-37(27,36)9)45-32(41)43-20-23-21-44-34(5,6)46-23/h22-24,26-28H,11-21H2,1-10H3/t23?,24-,26+,27?,28+,35+,36-,37-,38-/m1/s1. The number of hydrogen-bond acceptors (Lipinski definition) is 8. The fourth-order valence-electron chi connectivity index (χ4n) is 12.4. The molecule has 1 aliphatic heterocycles. The Labute approximate surface area is 276 Å². The number of carbonyl (C=O) groups excluding carboxylic acids is 3. The molecule has 5 fully saturated rings. The van der Waals surface area contributed by atoms with Crippen molar-refractivity contribution in [1.29, 1.82) is 0 Å². The number of hydrogen-bond donors (Lipinski definition) is 0. The molecule has 0 bridgehead atoms. The fraction of sp³-hybridized carbons (Fsp3) is 0.868. The molecule has 46 heavy (non-hydrogen) atoms. The number of rotatable bonds is 5. The molecule has 8 nitrogen and oxygen atoms in total. The predicted molar refractivity (Wildman–Crippen MR) is 173 cm³/mol. The minimum absolute atomic E-state index is 0.0244. The normalized spacial score (nSPS) is 44.2. The van der Waals surface area contributed by atoms with Gasteiger partial charge < -0.3 is 23.7 Å². The van der Waals surface area contributed by atoms with Crippen molar-refractivity contribution < 1.29 is 38.1 Å². The lowest BCUT2D eigenvalue weighted by Crippen LogP contribution is -2.66. The van der Waals surface area contributed by atoms with Gasteiger partial charge >= 0.3 is 12.1 Å². The van der Waals surface area contributed by atoms with Gasteiger partial charge in [0.2, 0.25) is 0 Å². The first-order valence-corrected chi connectivity index (χ1v) is 17.9. The molecule has 4 saturated carbocycles. The SMILES string of the molecule is COC(=O)[C@@]12CC[C@]3(C)[C@H](CCC4[C@@]5(C)CC[C@H](OC(=O)OCC6COC(C)(C)O6)C(C)(C)[C@@H]5CC[C@]43C)C1=C(C(C)C)C(=O)C2. The molecule has 0 spiro atoms.